The monoisotopic (exact) mass is 306 g/mol. The Bertz CT molecular complexity index is 598. The molecule has 0 atom stereocenters. The standard InChI is InChI=1S/C15H18N2O3S/c1-11-16-14(10-21-11)12-4-3-5-13(8-12)17-15(18)9-20-7-6-19-2/h3-5,8,10H,6-7,9H2,1-2H3,(H,17,18). The van der Waals surface area contributed by atoms with Crippen molar-refractivity contribution in [3.05, 3.63) is 34.7 Å². The molecule has 0 unspecified atom stereocenters. The van der Waals surface area contributed by atoms with E-state index in [0.717, 1.165) is 22.0 Å². The number of carbonyl (C=O) groups is 1. The Morgan fingerprint density at radius 3 is 2.95 bits per heavy atom. The first-order valence-electron chi connectivity index (χ1n) is 6.58. The van der Waals surface area contributed by atoms with Crippen LogP contribution < -0.4 is 5.32 Å². The van der Waals surface area contributed by atoms with E-state index in [4.69, 9.17) is 9.47 Å². The minimum absolute atomic E-state index is 0.0173. The van der Waals surface area contributed by atoms with Crippen LogP contribution in [0.15, 0.2) is 29.6 Å². The number of thiazole rings is 1. The Morgan fingerprint density at radius 2 is 2.24 bits per heavy atom. The molecular formula is C15H18N2O3S. The summed E-state index contributed by atoms with van der Waals surface area (Å²) < 4.78 is 10.0. The molecule has 0 bridgehead atoms. The second kappa shape index (κ2) is 7.87. The predicted octanol–water partition coefficient (Wildman–Crippen LogP) is 2.72. The lowest BCUT2D eigenvalue weighted by Crippen LogP contribution is -2.19. The van der Waals surface area contributed by atoms with Crippen molar-refractivity contribution in [1.29, 1.82) is 0 Å². The van der Waals surface area contributed by atoms with Crippen molar-refractivity contribution in [1.82, 2.24) is 4.98 Å². The molecule has 0 spiro atoms. The van der Waals surface area contributed by atoms with Gasteiger partial charge >= 0.3 is 0 Å². The summed E-state index contributed by atoms with van der Waals surface area (Å²) >= 11 is 1.60. The highest BCUT2D eigenvalue weighted by Crippen LogP contribution is 2.24. The van der Waals surface area contributed by atoms with Crippen LogP contribution in [0.3, 0.4) is 0 Å². The zero-order valence-electron chi connectivity index (χ0n) is 12.1. The van der Waals surface area contributed by atoms with Crippen LogP contribution in [0.5, 0.6) is 0 Å². The zero-order chi connectivity index (χ0) is 15.1. The topological polar surface area (TPSA) is 60.5 Å². The van der Waals surface area contributed by atoms with E-state index in [9.17, 15) is 4.79 Å². The molecule has 0 radical (unpaired) electrons. The third-order valence-corrected chi connectivity index (χ3v) is 3.50. The first-order valence-corrected chi connectivity index (χ1v) is 7.46. The summed E-state index contributed by atoms with van der Waals surface area (Å²) in [6.45, 7) is 2.87. The van der Waals surface area contributed by atoms with E-state index < -0.39 is 0 Å². The van der Waals surface area contributed by atoms with Crippen molar-refractivity contribution in [3.63, 3.8) is 0 Å². The molecule has 1 aromatic heterocycles. The molecule has 112 valence electrons. The predicted molar refractivity (Wildman–Crippen MR) is 83.6 cm³/mol. The number of rotatable bonds is 7. The third kappa shape index (κ3) is 4.93. The molecule has 0 aliphatic carbocycles. The fraction of sp³-hybridized carbons (Fsp3) is 0.333. The van der Waals surface area contributed by atoms with Gasteiger partial charge in [-0.25, -0.2) is 4.98 Å². The maximum atomic E-state index is 11.7. The molecule has 1 amide bonds. The number of aromatic nitrogens is 1. The van der Waals surface area contributed by atoms with Crippen molar-refractivity contribution in [2.75, 3.05) is 32.2 Å². The number of hydrogen-bond donors (Lipinski definition) is 1. The quantitative estimate of drug-likeness (QED) is 0.799. The Labute approximate surface area is 127 Å². The van der Waals surface area contributed by atoms with Gasteiger partial charge < -0.3 is 14.8 Å². The van der Waals surface area contributed by atoms with Crippen molar-refractivity contribution in [2.24, 2.45) is 0 Å². The summed E-state index contributed by atoms with van der Waals surface area (Å²) in [5.74, 6) is -0.183. The second-order valence-electron chi connectivity index (χ2n) is 4.43. The van der Waals surface area contributed by atoms with Crippen LogP contribution in [0.2, 0.25) is 0 Å². The van der Waals surface area contributed by atoms with Gasteiger partial charge in [0.05, 0.1) is 23.9 Å². The summed E-state index contributed by atoms with van der Waals surface area (Å²) in [4.78, 5) is 16.2. The van der Waals surface area contributed by atoms with E-state index in [1.807, 2.05) is 36.6 Å². The number of ether oxygens (including phenoxy) is 2. The molecule has 0 fully saturated rings. The van der Waals surface area contributed by atoms with E-state index in [1.54, 1.807) is 18.4 Å². The molecule has 6 heteroatoms. The number of nitrogens with zero attached hydrogens (tertiary/aromatic N) is 1. The fourth-order valence-corrected chi connectivity index (χ4v) is 2.38. The SMILES string of the molecule is COCCOCC(=O)Nc1cccc(-c2csc(C)n2)c1. The van der Waals surface area contributed by atoms with Crippen molar-refractivity contribution in [3.8, 4) is 11.3 Å². The number of anilines is 1. The van der Waals surface area contributed by atoms with E-state index in [2.05, 4.69) is 10.3 Å². The Morgan fingerprint density at radius 1 is 1.38 bits per heavy atom. The number of carbonyl (C=O) groups excluding carboxylic acids is 1. The fourth-order valence-electron chi connectivity index (χ4n) is 1.76. The smallest absolute Gasteiger partial charge is 0.250 e. The van der Waals surface area contributed by atoms with Gasteiger partial charge in [-0.1, -0.05) is 12.1 Å². The average molecular weight is 306 g/mol. The van der Waals surface area contributed by atoms with Crippen LogP contribution in [0.25, 0.3) is 11.3 Å². The van der Waals surface area contributed by atoms with Gasteiger partial charge in [0, 0.05) is 23.7 Å². The largest absolute Gasteiger partial charge is 0.382 e. The lowest BCUT2D eigenvalue weighted by molar-refractivity contribution is -0.121. The van der Waals surface area contributed by atoms with Crippen molar-refractivity contribution in [2.45, 2.75) is 6.92 Å². The van der Waals surface area contributed by atoms with Crippen LogP contribution in [0.4, 0.5) is 5.69 Å². The molecule has 2 aromatic rings. The van der Waals surface area contributed by atoms with E-state index in [1.165, 1.54) is 0 Å². The van der Waals surface area contributed by atoms with Gasteiger partial charge in [0.2, 0.25) is 5.91 Å². The van der Waals surface area contributed by atoms with Gasteiger partial charge in [0.1, 0.15) is 6.61 Å². The number of benzene rings is 1. The van der Waals surface area contributed by atoms with Gasteiger partial charge in [-0.2, -0.15) is 0 Å². The molecule has 0 saturated carbocycles. The number of nitrogens with one attached hydrogen (secondary N) is 1. The van der Waals surface area contributed by atoms with Gasteiger partial charge in [-0.05, 0) is 19.1 Å². The number of amides is 1. The van der Waals surface area contributed by atoms with E-state index in [-0.39, 0.29) is 12.5 Å². The van der Waals surface area contributed by atoms with Gasteiger partial charge in [0.15, 0.2) is 0 Å². The second-order valence-corrected chi connectivity index (χ2v) is 5.49. The summed E-state index contributed by atoms with van der Waals surface area (Å²) in [5, 5.41) is 5.83. The summed E-state index contributed by atoms with van der Waals surface area (Å²) in [7, 11) is 1.59. The van der Waals surface area contributed by atoms with Crippen molar-refractivity contribution >= 4 is 22.9 Å². The molecule has 21 heavy (non-hydrogen) atoms. The highest BCUT2D eigenvalue weighted by molar-refractivity contribution is 7.09. The molecule has 1 N–H and O–H groups in total. The maximum absolute atomic E-state index is 11.7. The minimum Gasteiger partial charge on any atom is -0.382 e. The number of aryl methyl sites for hydroxylation is 1. The molecule has 1 aromatic carbocycles. The van der Waals surface area contributed by atoms with Crippen LogP contribution in [-0.4, -0.2) is 37.8 Å². The van der Waals surface area contributed by atoms with Crippen LogP contribution >= 0.6 is 11.3 Å². The molecule has 0 saturated heterocycles. The molecule has 2 rings (SSSR count). The third-order valence-electron chi connectivity index (χ3n) is 2.73. The first-order chi connectivity index (χ1) is 10.2. The average Bonchev–Trinajstić information content (AvgIpc) is 2.91. The Kier molecular flexibility index (Phi) is 5.86. The summed E-state index contributed by atoms with van der Waals surface area (Å²) in [5.41, 5.74) is 2.64. The maximum Gasteiger partial charge on any atom is 0.250 e. The zero-order valence-corrected chi connectivity index (χ0v) is 12.9. The molecule has 0 aliphatic rings. The van der Waals surface area contributed by atoms with Gasteiger partial charge in [-0.3, -0.25) is 4.79 Å². The van der Waals surface area contributed by atoms with Gasteiger partial charge in [0.25, 0.3) is 0 Å². The van der Waals surface area contributed by atoms with E-state index in [0.29, 0.717) is 13.2 Å². The summed E-state index contributed by atoms with van der Waals surface area (Å²) in [6.07, 6.45) is 0. The Hall–Kier alpha value is -1.76. The minimum atomic E-state index is -0.183. The summed E-state index contributed by atoms with van der Waals surface area (Å²) in [6, 6.07) is 7.61. The highest BCUT2D eigenvalue weighted by atomic mass is 32.1. The first kappa shape index (κ1) is 15.6. The van der Waals surface area contributed by atoms with Gasteiger partial charge in [-0.15, -0.1) is 11.3 Å². The molecule has 1 heterocycles. The molecular weight excluding hydrogens is 288 g/mol. The van der Waals surface area contributed by atoms with Crippen molar-refractivity contribution < 1.29 is 14.3 Å². The normalized spacial score (nSPS) is 10.6. The lowest BCUT2D eigenvalue weighted by atomic mass is 10.1. The number of methoxy groups -OCH3 is 1. The highest BCUT2D eigenvalue weighted by Gasteiger charge is 2.06. The number of hydrogen-bond acceptors (Lipinski definition) is 5. The Balaban J connectivity index is 1.93. The molecule has 5 nitrogen and oxygen atoms in total. The van der Waals surface area contributed by atoms with E-state index >= 15 is 0 Å². The van der Waals surface area contributed by atoms with Crippen LogP contribution in [0, 0.1) is 6.92 Å². The molecule has 0 aliphatic heterocycles. The van der Waals surface area contributed by atoms with Crippen LogP contribution in [-0.2, 0) is 14.3 Å². The lowest BCUT2D eigenvalue weighted by Gasteiger charge is -2.07. The van der Waals surface area contributed by atoms with Crippen LogP contribution in [0.1, 0.15) is 5.01 Å².